The molecule has 1 N–H and O–H groups in total. The SMILES string of the molecule is CCNC(C)(C#N)CC(C)N1CCCC1C1CCCC1. The maximum absolute atomic E-state index is 9.45. The molecule has 114 valence electrons. The van der Waals surface area contributed by atoms with Gasteiger partial charge in [0.25, 0.3) is 0 Å². The number of hydrogen-bond donors (Lipinski definition) is 1. The fraction of sp³-hybridized carbons (Fsp3) is 0.941. The first-order valence-corrected chi connectivity index (χ1v) is 8.51. The first-order chi connectivity index (χ1) is 9.59. The highest BCUT2D eigenvalue weighted by atomic mass is 15.2. The molecular weight excluding hydrogens is 246 g/mol. The Kier molecular flexibility index (Phi) is 5.46. The minimum Gasteiger partial charge on any atom is -0.300 e. The van der Waals surface area contributed by atoms with E-state index in [-0.39, 0.29) is 5.54 Å². The Morgan fingerprint density at radius 3 is 2.60 bits per heavy atom. The minimum absolute atomic E-state index is 0.378. The Labute approximate surface area is 124 Å². The van der Waals surface area contributed by atoms with Crippen molar-refractivity contribution in [2.45, 2.75) is 83.3 Å². The molecule has 3 unspecified atom stereocenters. The van der Waals surface area contributed by atoms with Gasteiger partial charge in [-0.1, -0.05) is 19.8 Å². The molecule has 0 amide bonds. The molecule has 1 heterocycles. The van der Waals surface area contributed by atoms with Gasteiger partial charge in [-0.3, -0.25) is 10.2 Å². The van der Waals surface area contributed by atoms with Crippen molar-refractivity contribution in [1.29, 1.82) is 5.26 Å². The van der Waals surface area contributed by atoms with Crippen LogP contribution in [0, 0.1) is 17.2 Å². The van der Waals surface area contributed by atoms with Crippen LogP contribution in [-0.2, 0) is 0 Å². The summed E-state index contributed by atoms with van der Waals surface area (Å²) in [6, 6.07) is 3.78. The number of nitrogens with zero attached hydrogens (tertiary/aromatic N) is 2. The molecule has 3 nitrogen and oxygen atoms in total. The number of nitriles is 1. The van der Waals surface area contributed by atoms with Gasteiger partial charge in [0.1, 0.15) is 5.54 Å². The standard InChI is InChI=1S/C17H31N3/c1-4-19-17(3,13-18)12-14(2)20-11-7-10-16(20)15-8-5-6-9-15/h14-16,19H,4-12H2,1-3H3. The van der Waals surface area contributed by atoms with Gasteiger partial charge in [-0.2, -0.15) is 5.26 Å². The number of hydrogen-bond acceptors (Lipinski definition) is 3. The lowest BCUT2D eigenvalue weighted by Gasteiger charge is -2.37. The van der Waals surface area contributed by atoms with Gasteiger partial charge in [0.15, 0.2) is 0 Å². The maximum Gasteiger partial charge on any atom is 0.105 e. The number of nitrogens with one attached hydrogen (secondary N) is 1. The second-order valence-electron chi connectivity index (χ2n) is 7.02. The van der Waals surface area contributed by atoms with Gasteiger partial charge in [-0.15, -0.1) is 0 Å². The molecular formula is C17H31N3. The quantitative estimate of drug-likeness (QED) is 0.809. The molecule has 1 saturated carbocycles. The highest BCUT2D eigenvalue weighted by molar-refractivity contribution is 5.06. The summed E-state index contributed by atoms with van der Waals surface area (Å²) in [4.78, 5) is 2.71. The third-order valence-electron chi connectivity index (χ3n) is 5.37. The summed E-state index contributed by atoms with van der Waals surface area (Å²) >= 11 is 0. The van der Waals surface area contributed by atoms with Gasteiger partial charge in [-0.05, 0) is 65.0 Å². The van der Waals surface area contributed by atoms with Crippen molar-refractivity contribution in [3.05, 3.63) is 0 Å². The zero-order chi connectivity index (χ0) is 14.6. The van der Waals surface area contributed by atoms with E-state index in [2.05, 4.69) is 30.1 Å². The van der Waals surface area contributed by atoms with E-state index in [0.29, 0.717) is 6.04 Å². The summed E-state index contributed by atoms with van der Waals surface area (Å²) in [6.45, 7) is 8.55. The topological polar surface area (TPSA) is 39.1 Å². The summed E-state index contributed by atoms with van der Waals surface area (Å²) in [5, 5.41) is 12.8. The normalized spacial score (nSPS) is 29.2. The summed E-state index contributed by atoms with van der Waals surface area (Å²) in [6.07, 6.45) is 9.36. The molecule has 0 bridgehead atoms. The van der Waals surface area contributed by atoms with Crippen molar-refractivity contribution in [3.8, 4) is 6.07 Å². The lowest BCUT2D eigenvalue weighted by molar-refractivity contribution is 0.124. The third-order valence-corrected chi connectivity index (χ3v) is 5.37. The third kappa shape index (κ3) is 3.54. The van der Waals surface area contributed by atoms with Crippen LogP contribution >= 0.6 is 0 Å². The van der Waals surface area contributed by atoms with Crippen LogP contribution in [0.1, 0.15) is 65.7 Å². The fourth-order valence-corrected chi connectivity index (χ4v) is 4.47. The molecule has 0 aromatic carbocycles. The molecule has 3 atom stereocenters. The van der Waals surface area contributed by atoms with Crippen molar-refractivity contribution in [2.75, 3.05) is 13.1 Å². The van der Waals surface area contributed by atoms with Gasteiger partial charge in [0.05, 0.1) is 6.07 Å². The molecule has 2 fully saturated rings. The highest BCUT2D eigenvalue weighted by Crippen LogP contribution is 2.37. The number of rotatable bonds is 6. The fourth-order valence-electron chi connectivity index (χ4n) is 4.47. The van der Waals surface area contributed by atoms with Gasteiger partial charge in [0, 0.05) is 12.1 Å². The summed E-state index contributed by atoms with van der Waals surface area (Å²) in [5.41, 5.74) is -0.378. The van der Waals surface area contributed by atoms with Crippen molar-refractivity contribution in [2.24, 2.45) is 5.92 Å². The van der Waals surface area contributed by atoms with Crippen molar-refractivity contribution < 1.29 is 0 Å². The first-order valence-electron chi connectivity index (χ1n) is 8.51. The van der Waals surface area contributed by atoms with Crippen LogP contribution in [0.5, 0.6) is 0 Å². The highest BCUT2D eigenvalue weighted by Gasteiger charge is 2.37. The van der Waals surface area contributed by atoms with E-state index in [1.165, 1.54) is 45.1 Å². The van der Waals surface area contributed by atoms with Crippen molar-refractivity contribution in [3.63, 3.8) is 0 Å². The molecule has 1 aliphatic heterocycles. The van der Waals surface area contributed by atoms with Gasteiger partial charge >= 0.3 is 0 Å². The lowest BCUT2D eigenvalue weighted by atomic mass is 9.91. The van der Waals surface area contributed by atoms with E-state index < -0.39 is 0 Å². The van der Waals surface area contributed by atoms with Gasteiger partial charge in [-0.25, -0.2) is 0 Å². The Hall–Kier alpha value is -0.590. The summed E-state index contributed by atoms with van der Waals surface area (Å²) < 4.78 is 0. The lowest BCUT2D eigenvalue weighted by Crippen LogP contribution is -2.49. The molecule has 0 aromatic heterocycles. The smallest absolute Gasteiger partial charge is 0.105 e. The van der Waals surface area contributed by atoms with Crippen molar-refractivity contribution >= 4 is 0 Å². The molecule has 1 aliphatic carbocycles. The van der Waals surface area contributed by atoms with Crippen LogP contribution < -0.4 is 5.32 Å². The first kappa shape index (κ1) is 15.8. The minimum atomic E-state index is -0.378. The van der Waals surface area contributed by atoms with Gasteiger partial charge < -0.3 is 0 Å². The van der Waals surface area contributed by atoms with Crippen LogP contribution in [-0.4, -0.2) is 35.6 Å². The van der Waals surface area contributed by atoms with Crippen LogP contribution in [0.25, 0.3) is 0 Å². The Bertz CT molecular complexity index is 343. The van der Waals surface area contributed by atoms with Gasteiger partial charge in [0.2, 0.25) is 0 Å². The maximum atomic E-state index is 9.45. The average molecular weight is 277 g/mol. The average Bonchev–Trinajstić information content (AvgIpc) is 3.09. The van der Waals surface area contributed by atoms with E-state index in [9.17, 15) is 5.26 Å². The van der Waals surface area contributed by atoms with E-state index >= 15 is 0 Å². The zero-order valence-electron chi connectivity index (χ0n) is 13.5. The van der Waals surface area contributed by atoms with Crippen molar-refractivity contribution in [1.82, 2.24) is 10.2 Å². The predicted octanol–water partition coefficient (Wildman–Crippen LogP) is 3.31. The second-order valence-corrected chi connectivity index (χ2v) is 7.02. The van der Waals surface area contributed by atoms with Crippen LogP contribution in [0.3, 0.4) is 0 Å². The Balaban J connectivity index is 1.96. The van der Waals surface area contributed by atoms with Crippen LogP contribution in [0.4, 0.5) is 0 Å². The van der Waals surface area contributed by atoms with E-state index in [1.54, 1.807) is 0 Å². The molecule has 2 rings (SSSR count). The molecule has 3 heteroatoms. The second kappa shape index (κ2) is 6.91. The van der Waals surface area contributed by atoms with Crippen LogP contribution in [0.2, 0.25) is 0 Å². The summed E-state index contributed by atoms with van der Waals surface area (Å²) in [7, 11) is 0. The van der Waals surface area contributed by atoms with E-state index in [4.69, 9.17) is 0 Å². The molecule has 0 spiro atoms. The zero-order valence-corrected chi connectivity index (χ0v) is 13.5. The van der Waals surface area contributed by atoms with Crippen LogP contribution in [0.15, 0.2) is 0 Å². The summed E-state index contributed by atoms with van der Waals surface area (Å²) in [5.74, 6) is 0.924. The Morgan fingerprint density at radius 2 is 2.00 bits per heavy atom. The molecule has 0 radical (unpaired) electrons. The van der Waals surface area contributed by atoms with E-state index in [1.807, 2.05) is 6.92 Å². The molecule has 1 saturated heterocycles. The van der Waals surface area contributed by atoms with E-state index in [0.717, 1.165) is 24.9 Å². The monoisotopic (exact) mass is 277 g/mol. The molecule has 0 aromatic rings. The molecule has 2 aliphatic rings. The largest absolute Gasteiger partial charge is 0.300 e. The predicted molar refractivity (Wildman–Crippen MR) is 83.5 cm³/mol. The number of likely N-dealkylation sites (tertiary alicyclic amines) is 1. The Morgan fingerprint density at radius 1 is 1.30 bits per heavy atom. The molecule has 20 heavy (non-hydrogen) atoms.